The van der Waals surface area contributed by atoms with Gasteiger partial charge >= 0.3 is 0 Å². The first-order valence-corrected chi connectivity index (χ1v) is 8.70. The predicted octanol–water partition coefficient (Wildman–Crippen LogP) is 4.41. The smallest absolute Gasteiger partial charge is 0.222 e. The summed E-state index contributed by atoms with van der Waals surface area (Å²) in [5.41, 5.74) is 0. The first-order valence-electron chi connectivity index (χ1n) is 7.45. The molecule has 106 valence electrons. The van der Waals surface area contributed by atoms with Crippen LogP contribution in [0.3, 0.4) is 0 Å². The van der Waals surface area contributed by atoms with E-state index >= 15 is 0 Å². The molecule has 0 saturated heterocycles. The fraction of sp³-hybridized carbons (Fsp3) is 0.933. The number of hydrogen-bond acceptors (Lipinski definition) is 1. The summed E-state index contributed by atoms with van der Waals surface area (Å²) in [5, 5.41) is 0. The molecule has 18 heavy (non-hydrogen) atoms. The summed E-state index contributed by atoms with van der Waals surface area (Å²) in [6.07, 6.45) is 12.8. The van der Waals surface area contributed by atoms with E-state index in [1.165, 1.54) is 51.4 Å². The fourth-order valence-corrected chi connectivity index (χ4v) is 3.31. The second-order valence-corrected chi connectivity index (χ2v) is 7.41. The summed E-state index contributed by atoms with van der Waals surface area (Å²) in [7, 11) is 3.67. The topological polar surface area (TPSA) is 20.3 Å². The number of carbonyl (C=O) groups is 1. The molecule has 1 amide bonds. The Morgan fingerprint density at radius 1 is 1.06 bits per heavy atom. The molecule has 0 aromatic heterocycles. The summed E-state index contributed by atoms with van der Waals surface area (Å²) in [4.78, 5) is 13.0. The van der Waals surface area contributed by atoms with Crippen molar-refractivity contribution in [3.63, 3.8) is 0 Å². The number of alkyl halides is 1. The Balaban J connectivity index is 1.74. The SMILES string of the molecule is CN(C)C(=O)CCCCCCCCC[C@H]1C[C@@H]1I. The van der Waals surface area contributed by atoms with Gasteiger partial charge in [0.2, 0.25) is 5.91 Å². The summed E-state index contributed by atoms with van der Waals surface area (Å²) in [6.45, 7) is 0. The molecule has 0 N–H and O–H groups in total. The van der Waals surface area contributed by atoms with Gasteiger partial charge in [0, 0.05) is 24.4 Å². The minimum Gasteiger partial charge on any atom is -0.349 e. The first kappa shape index (κ1) is 16.3. The van der Waals surface area contributed by atoms with E-state index in [0.29, 0.717) is 0 Å². The highest BCUT2D eigenvalue weighted by molar-refractivity contribution is 14.1. The lowest BCUT2D eigenvalue weighted by Gasteiger charge is -2.09. The van der Waals surface area contributed by atoms with Crippen molar-refractivity contribution in [2.45, 2.75) is 68.1 Å². The molecule has 1 fully saturated rings. The molecule has 0 bridgehead atoms. The zero-order valence-electron chi connectivity index (χ0n) is 12.0. The number of carbonyl (C=O) groups excluding carboxylic acids is 1. The van der Waals surface area contributed by atoms with Crippen molar-refractivity contribution in [1.29, 1.82) is 0 Å². The molecule has 0 aromatic rings. The molecule has 0 aromatic carbocycles. The Kier molecular flexibility index (Phi) is 8.27. The van der Waals surface area contributed by atoms with Crippen molar-refractivity contribution in [2.24, 2.45) is 5.92 Å². The van der Waals surface area contributed by atoms with Crippen molar-refractivity contribution in [1.82, 2.24) is 4.90 Å². The molecule has 1 rings (SSSR count). The van der Waals surface area contributed by atoms with Gasteiger partial charge < -0.3 is 4.90 Å². The van der Waals surface area contributed by atoms with Gasteiger partial charge in [-0.25, -0.2) is 0 Å². The van der Waals surface area contributed by atoms with E-state index in [1.54, 1.807) is 4.90 Å². The molecule has 1 aliphatic rings. The molecular formula is C15H28INO. The van der Waals surface area contributed by atoms with Crippen LogP contribution < -0.4 is 0 Å². The van der Waals surface area contributed by atoms with Crippen LogP contribution in [0.1, 0.15) is 64.2 Å². The molecule has 0 aliphatic heterocycles. The van der Waals surface area contributed by atoms with Crippen LogP contribution in [0.25, 0.3) is 0 Å². The predicted molar refractivity (Wildman–Crippen MR) is 86.2 cm³/mol. The third kappa shape index (κ3) is 7.59. The molecule has 0 unspecified atom stereocenters. The molecule has 3 heteroatoms. The Morgan fingerprint density at radius 2 is 1.56 bits per heavy atom. The quantitative estimate of drug-likeness (QED) is 0.319. The van der Waals surface area contributed by atoms with Gasteiger partial charge in [0.1, 0.15) is 0 Å². The summed E-state index contributed by atoms with van der Waals surface area (Å²) in [6, 6.07) is 0. The molecule has 0 spiro atoms. The summed E-state index contributed by atoms with van der Waals surface area (Å²) < 4.78 is 0.997. The van der Waals surface area contributed by atoms with Crippen LogP contribution in [0.5, 0.6) is 0 Å². The van der Waals surface area contributed by atoms with Crippen LogP contribution in [-0.2, 0) is 4.79 Å². The molecule has 0 radical (unpaired) electrons. The fourth-order valence-electron chi connectivity index (χ4n) is 2.30. The minimum atomic E-state index is 0.271. The number of nitrogens with zero attached hydrogens (tertiary/aromatic N) is 1. The highest BCUT2D eigenvalue weighted by atomic mass is 127. The van der Waals surface area contributed by atoms with Gasteiger partial charge in [-0.05, 0) is 25.2 Å². The van der Waals surface area contributed by atoms with Gasteiger partial charge in [0.05, 0.1) is 0 Å². The molecule has 2 atom stereocenters. The molecule has 0 heterocycles. The van der Waals surface area contributed by atoms with E-state index in [2.05, 4.69) is 22.6 Å². The van der Waals surface area contributed by atoms with Crippen molar-refractivity contribution >= 4 is 28.5 Å². The van der Waals surface area contributed by atoms with E-state index in [1.807, 2.05) is 14.1 Å². The van der Waals surface area contributed by atoms with E-state index in [-0.39, 0.29) is 5.91 Å². The molecule has 1 saturated carbocycles. The van der Waals surface area contributed by atoms with Crippen LogP contribution in [0.4, 0.5) is 0 Å². The van der Waals surface area contributed by atoms with Gasteiger partial charge in [-0.15, -0.1) is 0 Å². The maximum absolute atomic E-state index is 11.3. The zero-order chi connectivity index (χ0) is 13.4. The Morgan fingerprint density at radius 3 is 2.06 bits per heavy atom. The lowest BCUT2D eigenvalue weighted by molar-refractivity contribution is -0.128. The van der Waals surface area contributed by atoms with Gasteiger partial charge in [-0.1, -0.05) is 61.1 Å². The number of hydrogen-bond donors (Lipinski definition) is 0. The van der Waals surface area contributed by atoms with E-state index < -0.39 is 0 Å². The standard InChI is InChI=1S/C15H28INO/c1-17(2)15(18)11-9-7-5-3-4-6-8-10-13-12-14(13)16/h13-14H,3-12H2,1-2H3/t13-,14-/m0/s1. The lowest BCUT2D eigenvalue weighted by Crippen LogP contribution is -2.20. The Hall–Kier alpha value is 0.200. The van der Waals surface area contributed by atoms with Crippen molar-refractivity contribution in [3.8, 4) is 0 Å². The largest absolute Gasteiger partial charge is 0.349 e. The number of rotatable bonds is 10. The minimum absolute atomic E-state index is 0.271. The third-order valence-corrected chi connectivity index (χ3v) is 5.33. The molecule has 1 aliphatic carbocycles. The summed E-state index contributed by atoms with van der Waals surface area (Å²) in [5.74, 6) is 1.33. The maximum Gasteiger partial charge on any atom is 0.222 e. The third-order valence-electron chi connectivity index (χ3n) is 3.80. The maximum atomic E-state index is 11.3. The number of amides is 1. The average molecular weight is 365 g/mol. The van der Waals surface area contributed by atoms with Crippen molar-refractivity contribution in [3.05, 3.63) is 0 Å². The van der Waals surface area contributed by atoms with E-state index in [4.69, 9.17) is 0 Å². The average Bonchev–Trinajstić information content (AvgIpc) is 3.02. The highest BCUT2D eigenvalue weighted by Gasteiger charge is 2.33. The van der Waals surface area contributed by atoms with E-state index in [9.17, 15) is 4.79 Å². The summed E-state index contributed by atoms with van der Waals surface area (Å²) >= 11 is 2.58. The van der Waals surface area contributed by atoms with Crippen LogP contribution in [0.2, 0.25) is 0 Å². The zero-order valence-corrected chi connectivity index (χ0v) is 14.1. The Labute approximate surface area is 126 Å². The van der Waals surface area contributed by atoms with Crippen LogP contribution in [-0.4, -0.2) is 28.8 Å². The monoisotopic (exact) mass is 365 g/mol. The highest BCUT2D eigenvalue weighted by Crippen LogP contribution is 2.41. The van der Waals surface area contributed by atoms with Crippen molar-refractivity contribution < 1.29 is 4.79 Å². The van der Waals surface area contributed by atoms with Crippen LogP contribution >= 0.6 is 22.6 Å². The van der Waals surface area contributed by atoms with Gasteiger partial charge in [0.15, 0.2) is 0 Å². The van der Waals surface area contributed by atoms with Crippen LogP contribution in [0, 0.1) is 5.92 Å². The normalized spacial score (nSPS) is 21.9. The van der Waals surface area contributed by atoms with E-state index in [0.717, 1.165) is 22.7 Å². The van der Waals surface area contributed by atoms with Gasteiger partial charge in [-0.3, -0.25) is 4.79 Å². The van der Waals surface area contributed by atoms with Gasteiger partial charge in [-0.2, -0.15) is 0 Å². The molecular weight excluding hydrogens is 337 g/mol. The number of unbranched alkanes of at least 4 members (excludes halogenated alkanes) is 6. The van der Waals surface area contributed by atoms with Crippen molar-refractivity contribution in [2.75, 3.05) is 14.1 Å². The second kappa shape index (κ2) is 9.16. The molecule has 2 nitrogen and oxygen atoms in total. The Bertz CT molecular complexity index is 243. The second-order valence-electron chi connectivity index (χ2n) is 5.81. The lowest BCUT2D eigenvalue weighted by atomic mass is 10.1. The first-order chi connectivity index (χ1) is 8.61. The number of halogens is 1. The van der Waals surface area contributed by atoms with Crippen LogP contribution in [0.15, 0.2) is 0 Å². The van der Waals surface area contributed by atoms with Gasteiger partial charge in [0.25, 0.3) is 0 Å².